The van der Waals surface area contributed by atoms with E-state index in [4.69, 9.17) is 4.74 Å². The number of para-hydroxylation sites is 1. The molecule has 8 heteroatoms. The van der Waals surface area contributed by atoms with Gasteiger partial charge in [-0.25, -0.2) is 10.2 Å². The molecule has 2 rings (SSSR count). The standard InChI is InChI=1S/C17H21N5O3/c1-11(21-16(24)25-17(2,3)4)15(23)22-20-10-12-6-5-7-13-14(12)19-9-8-18-13/h5-11H,1-4H3,(H,21,24)(H,22,23)/b20-10+/t11-/m0/s1. The van der Waals surface area contributed by atoms with Crippen LogP contribution in [0.15, 0.2) is 35.7 Å². The van der Waals surface area contributed by atoms with Crippen molar-refractivity contribution in [3.05, 3.63) is 36.2 Å². The summed E-state index contributed by atoms with van der Waals surface area (Å²) in [5.41, 5.74) is 3.88. The monoisotopic (exact) mass is 343 g/mol. The van der Waals surface area contributed by atoms with Crippen LogP contribution >= 0.6 is 0 Å². The Bertz CT molecular complexity index is 793. The number of ether oxygens (including phenoxy) is 1. The summed E-state index contributed by atoms with van der Waals surface area (Å²) in [7, 11) is 0. The van der Waals surface area contributed by atoms with Crippen LogP contribution in [0.3, 0.4) is 0 Å². The Hall–Kier alpha value is -3.03. The van der Waals surface area contributed by atoms with Crippen LogP contribution in [0, 0.1) is 0 Å². The Morgan fingerprint density at radius 1 is 1.24 bits per heavy atom. The van der Waals surface area contributed by atoms with Crippen LogP contribution in [-0.4, -0.2) is 39.8 Å². The first-order valence-electron chi connectivity index (χ1n) is 7.78. The van der Waals surface area contributed by atoms with Crippen LogP contribution in [0.2, 0.25) is 0 Å². The number of carbonyl (C=O) groups is 2. The molecule has 1 heterocycles. The normalized spacial score (nSPS) is 12.8. The maximum atomic E-state index is 12.0. The maximum Gasteiger partial charge on any atom is 0.408 e. The van der Waals surface area contributed by atoms with Crippen molar-refractivity contribution in [2.75, 3.05) is 0 Å². The molecular weight excluding hydrogens is 322 g/mol. The largest absolute Gasteiger partial charge is 0.444 e. The molecule has 0 aliphatic rings. The van der Waals surface area contributed by atoms with Gasteiger partial charge in [-0.3, -0.25) is 14.8 Å². The van der Waals surface area contributed by atoms with Crippen molar-refractivity contribution in [1.29, 1.82) is 0 Å². The van der Waals surface area contributed by atoms with E-state index in [9.17, 15) is 9.59 Å². The smallest absolute Gasteiger partial charge is 0.408 e. The highest BCUT2D eigenvalue weighted by Gasteiger charge is 2.20. The lowest BCUT2D eigenvalue weighted by atomic mass is 10.2. The van der Waals surface area contributed by atoms with Gasteiger partial charge in [0.15, 0.2) is 0 Å². The van der Waals surface area contributed by atoms with Gasteiger partial charge in [-0.05, 0) is 33.8 Å². The molecule has 25 heavy (non-hydrogen) atoms. The highest BCUT2D eigenvalue weighted by molar-refractivity contribution is 5.96. The van der Waals surface area contributed by atoms with Crippen LogP contribution in [0.1, 0.15) is 33.3 Å². The molecule has 1 aromatic heterocycles. The number of hydrazone groups is 1. The molecule has 0 spiro atoms. The first kappa shape index (κ1) is 18.3. The molecule has 0 aliphatic carbocycles. The summed E-state index contributed by atoms with van der Waals surface area (Å²) in [6.45, 7) is 6.77. The number of hydrogen-bond donors (Lipinski definition) is 2. The highest BCUT2D eigenvalue weighted by Crippen LogP contribution is 2.11. The molecule has 0 bridgehead atoms. The van der Waals surface area contributed by atoms with Gasteiger partial charge >= 0.3 is 6.09 Å². The molecule has 0 saturated carbocycles. The predicted molar refractivity (Wildman–Crippen MR) is 94.1 cm³/mol. The second kappa shape index (κ2) is 7.69. The summed E-state index contributed by atoms with van der Waals surface area (Å²) in [5.74, 6) is -0.464. The van der Waals surface area contributed by atoms with Gasteiger partial charge in [0.2, 0.25) is 0 Å². The second-order valence-corrected chi connectivity index (χ2v) is 6.37. The molecule has 2 amide bonds. The van der Waals surface area contributed by atoms with Crippen molar-refractivity contribution in [3.8, 4) is 0 Å². The average molecular weight is 343 g/mol. The topological polar surface area (TPSA) is 106 Å². The highest BCUT2D eigenvalue weighted by atomic mass is 16.6. The number of aromatic nitrogens is 2. The summed E-state index contributed by atoms with van der Waals surface area (Å²) in [6, 6.07) is 4.69. The number of amides is 2. The number of nitrogens with zero attached hydrogens (tertiary/aromatic N) is 3. The third-order valence-electron chi connectivity index (χ3n) is 3.03. The van der Waals surface area contributed by atoms with Crippen LogP contribution in [0.4, 0.5) is 4.79 Å². The van der Waals surface area contributed by atoms with Crippen LogP contribution in [0.25, 0.3) is 11.0 Å². The molecule has 1 aromatic carbocycles. The molecule has 8 nitrogen and oxygen atoms in total. The van der Waals surface area contributed by atoms with Crippen LogP contribution < -0.4 is 10.7 Å². The summed E-state index contributed by atoms with van der Waals surface area (Å²) in [4.78, 5) is 32.1. The Kier molecular flexibility index (Phi) is 5.63. The lowest BCUT2D eigenvalue weighted by molar-refractivity contribution is -0.122. The van der Waals surface area contributed by atoms with Gasteiger partial charge in [-0.1, -0.05) is 12.1 Å². The number of benzene rings is 1. The van der Waals surface area contributed by atoms with Crippen molar-refractivity contribution >= 4 is 29.2 Å². The fourth-order valence-corrected chi connectivity index (χ4v) is 1.93. The fraction of sp³-hybridized carbons (Fsp3) is 0.353. The minimum atomic E-state index is -0.792. The van der Waals surface area contributed by atoms with Crippen molar-refractivity contribution < 1.29 is 14.3 Å². The van der Waals surface area contributed by atoms with E-state index in [1.54, 1.807) is 33.2 Å². The van der Waals surface area contributed by atoms with Gasteiger partial charge in [0, 0.05) is 18.0 Å². The maximum absolute atomic E-state index is 12.0. The third-order valence-corrected chi connectivity index (χ3v) is 3.03. The minimum absolute atomic E-state index is 0.464. The van der Waals surface area contributed by atoms with E-state index in [-0.39, 0.29) is 0 Å². The molecule has 0 fully saturated rings. The summed E-state index contributed by atoms with van der Waals surface area (Å²) in [5, 5.41) is 6.36. The zero-order valence-corrected chi connectivity index (χ0v) is 14.6. The van der Waals surface area contributed by atoms with Gasteiger partial charge in [-0.15, -0.1) is 0 Å². The summed E-state index contributed by atoms with van der Waals surface area (Å²) in [6.07, 6.45) is 4.01. The van der Waals surface area contributed by atoms with Gasteiger partial charge in [0.1, 0.15) is 11.6 Å². The average Bonchev–Trinajstić information content (AvgIpc) is 2.53. The number of carbonyl (C=O) groups excluding carboxylic acids is 2. The molecule has 1 atom stereocenters. The molecule has 0 aliphatic heterocycles. The van der Waals surface area contributed by atoms with E-state index in [2.05, 4.69) is 25.8 Å². The Labute approximate surface area is 145 Å². The Morgan fingerprint density at radius 3 is 2.68 bits per heavy atom. The van der Waals surface area contributed by atoms with E-state index in [0.717, 1.165) is 11.1 Å². The van der Waals surface area contributed by atoms with Gasteiger partial charge in [0.05, 0.1) is 17.2 Å². The molecule has 0 unspecified atom stereocenters. The van der Waals surface area contributed by atoms with Crippen LogP contribution in [0.5, 0.6) is 0 Å². The fourth-order valence-electron chi connectivity index (χ4n) is 1.93. The van der Waals surface area contributed by atoms with Gasteiger partial charge in [-0.2, -0.15) is 5.10 Å². The lowest BCUT2D eigenvalue weighted by Crippen LogP contribution is -2.45. The van der Waals surface area contributed by atoms with E-state index >= 15 is 0 Å². The number of fused-ring (bicyclic) bond motifs is 1. The zero-order chi connectivity index (χ0) is 18.4. The summed E-state index contributed by atoms with van der Waals surface area (Å²) >= 11 is 0. The second-order valence-electron chi connectivity index (χ2n) is 6.37. The summed E-state index contributed by atoms with van der Waals surface area (Å²) < 4.78 is 5.10. The molecule has 0 radical (unpaired) electrons. The third kappa shape index (κ3) is 5.52. The molecule has 2 N–H and O–H groups in total. The van der Waals surface area contributed by atoms with Crippen LogP contribution in [-0.2, 0) is 9.53 Å². The number of hydrogen-bond acceptors (Lipinski definition) is 6. The lowest BCUT2D eigenvalue weighted by Gasteiger charge is -2.21. The quantitative estimate of drug-likeness (QED) is 0.652. The van der Waals surface area contributed by atoms with E-state index in [0.29, 0.717) is 5.52 Å². The van der Waals surface area contributed by atoms with E-state index in [1.807, 2.05) is 18.2 Å². The van der Waals surface area contributed by atoms with Gasteiger partial charge < -0.3 is 10.1 Å². The van der Waals surface area contributed by atoms with Crippen molar-refractivity contribution in [3.63, 3.8) is 0 Å². The number of nitrogens with one attached hydrogen (secondary N) is 2. The van der Waals surface area contributed by atoms with Crippen molar-refractivity contribution in [2.24, 2.45) is 5.10 Å². The molecule has 132 valence electrons. The van der Waals surface area contributed by atoms with E-state index in [1.165, 1.54) is 13.1 Å². The Balaban J connectivity index is 1.94. The predicted octanol–water partition coefficient (Wildman–Crippen LogP) is 1.99. The van der Waals surface area contributed by atoms with Gasteiger partial charge in [0.25, 0.3) is 5.91 Å². The van der Waals surface area contributed by atoms with Crippen molar-refractivity contribution in [1.82, 2.24) is 20.7 Å². The molecule has 0 saturated heterocycles. The number of alkyl carbamates (subject to hydrolysis) is 1. The molecular formula is C17H21N5O3. The number of rotatable bonds is 4. The SMILES string of the molecule is C[C@H](NC(=O)OC(C)(C)C)C(=O)N/N=C/c1cccc2nccnc12. The van der Waals surface area contributed by atoms with E-state index < -0.39 is 23.6 Å². The Morgan fingerprint density at radius 2 is 1.96 bits per heavy atom. The minimum Gasteiger partial charge on any atom is -0.444 e. The first-order valence-corrected chi connectivity index (χ1v) is 7.78. The van der Waals surface area contributed by atoms with Crippen molar-refractivity contribution in [2.45, 2.75) is 39.3 Å². The molecule has 2 aromatic rings. The first-order chi connectivity index (χ1) is 11.8. The zero-order valence-electron chi connectivity index (χ0n) is 14.6.